The molecule has 6 heteroatoms. The van der Waals surface area contributed by atoms with E-state index in [9.17, 15) is 0 Å². The van der Waals surface area contributed by atoms with Crippen LogP contribution in [0.5, 0.6) is 0 Å². The third-order valence-corrected chi connectivity index (χ3v) is 22.7. The van der Waals surface area contributed by atoms with Crippen molar-refractivity contribution in [1.29, 1.82) is 0 Å². The molecule has 406 valence electrons. The van der Waals surface area contributed by atoms with Gasteiger partial charge in [0.2, 0.25) is 0 Å². The largest absolute Gasteiger partial charge is 0.454 e. The standard InChI is InChI=1S/C79H60N2O2Si2/c1-84(2,3)70-43-23-37-61-59-35-21-41-67(75(59)82-77(61)70)80(49-25-9-7-10-26-49)51-45-46-58-63(47-51)52-29-13-15-33-56(52)72-64-48-69(55-32-14-16-34-57(55)73(64)79(74(58)72)65-39-19-17-30-53(65)54-31-18-20-40-66(54)79)81(50-27-11-8-12-28-50)68-42-22-36-60-62-38-24-44-71(85(4,5)6)78(62)83-76(60)68/h7-48H,1-6H3. The molecule has 0 radical (unpaired) electrons. The predicted octanol–water partition coefficient (Wildman–Crippen LogP) is 21.3. The lowest BCUT2D eigenvalue weighted by atomic mass is 9.68. The molecule has 2 heterocycles. The quantitative estimate of drug-likeness (QED) is 0.112. The van der Waals surface area contributed by atoms with Crippen molar-refractivity contribution < 1.29 is 8.83 Å². The van der Waals surface area contributed by atoms with Gasteiger partial charge >= 0.3 is 0 Å². The SMILES string of the molecule is C[Si](C)(C)c1cccc2c1oc1c(N(c3ccccc3)c3ccc4c5c(c6ccccc6c4c3)-c3cc(N(c4ccccc4)c4cccc6c4oc4c([Si](C)(C)C)cccc46)c4ccccc4c3C53c4ccccc4-c4ccccc43)cccc12. The van der Waals surface area contributed by atoms with Crippen LogP contribution >= 0.6 is 0 Å². The first kappa shape index (κ1) is 49.8. The van der Waals surface area contributed by atoms with Crippen LogP contribution in [-0.4, -0.2) is 16.1 Å². The number of nitrogens with zero attached hydrogens (tertiary/aromatic N) is 2. The zero-order valence-electron chi connectivity index (χ0n) is 48.5. The van der Waals surface area contributed by atoms with Crippen molar-refractivity contribution >= 4 is 137 Å². The Bertz CT molecular complexity index is 5250. The first-order chi connectivity index (χ1) is 41.5. The molecule has 1 spiro atoms. The summed E-state index contributed by atoms with van der Waals surface area (Å²) in [5.74, 6) is 0. The van der Waals surface area contributed by atoms with Crippen LogP contribution in [0.25, 0.3) is 98.4 Å². The molecule has 0 N–H and O–H groups in total. The lowest BCUT2D eigenvalue weighted by molar-refractivity contribution is 0.671. The Hall–Kier alpha value is -9.73. The summed E-state index contributed by atoms with van der Waals surface area (Å²) < 4.78 is 14.5. The van der Waals surface area contributed by atoms with Gasteiger partial charge in [0.05, 0.1) is 38.6 Å². The average molecular weight is 1130 g/mol. The number of para-hydroxylation sites is 6. The van der Waals surface area contributed by atoms with Crippen molar-refractivity contribution in [3.8, 4) is 22.3 Å². The number of benzene rings is 13. The second-order valence-corrected chi connectivity index (χ2v) is 35.5. The molecule has 85 heavy (non-hydrogen) atoms. The molecule has 2 aromatic heterocycles. The van der Waals surface area contributed by atoms with Gasteiger partial charge in [0.1, 0.15) is 11.2 Å². The Kier molecular flexibility index (Phi) is 10.6. The Labute approximate surface area is 496 Å². The second-order valence-electron chi connectivity index (χ2n) is 25.4. The van der Waals surface area contributed by atoms with Crippen molar-refractivity contribution in [1.82, 2.24) is 0 Å². The summed E-state index contributed by atoms with van der Waals surface area (Å²) in [7, 11) is -3.57. The number of fused-ring (bicyclic) bond motifs is 23. The van der Waals surface area contributed by atoms with Gasteiger partial charge in [0.15, 0.2) is 11.2 Å². The highest BCUT2D eigenvalue weighted by Crippen LogP contribution is 2.68. The first-order valence-electron chi connectivity index (χ1n) is 29.8. The van der Waals surface area contributed by atoms with Gasteiger partial charge in [-0.15, -0.1) is 0 Å². The van der Waals surface area contributed by atoms with E-state index in [2.05, 4.69) is 304 Å². The second kappa shape index (κ2) is 18.1. The van der Waals surface area contributed by atoms with Crippen molar-refractivity contribution in [3.05, 3.63) is 277 Å². The Balaban J connectivity index is 0.987. The predicted molar refractivity (Wildman–Crippen MR) is 365 cm³/mol. The maximum absolute atomic E-state index is 7.31. The lowest BCUT2D eigenvalue weighted by Crippen LogP contribution is -2.37. The summed E-state index contributed by atoms with van der Waals surface area (Å²) in [6.45, 7) is 14.4. The van der Waals surface area contributed by atoms with E-state index in [4.69, 9.17) is 8.83 Å². The first-order valence-corrected chi connectivity index (χ1v) is 36.8. The molecule has 4 nitrogen and oxygen atoms in total. The molecular weight excluding hydrogens is 1070 g/mol. The zero-order valence-corrected chi connectivity index (χ0v) is 50.5. The van der Waals surface area contributed by atoms with Crippen LogP contribution < -0.4 is 20.2 Å². The molecule has 0 fully saturated rings. The molecule has 0 unspecified atom stereocenters. The number of hydrogen-bond donors (Lipinski definition) is 0. The van der Waals surface area contributed by atoms with E-state index >= 15 is 0 Å². The van der Waals surface area contributed by atoms with Crippen molar-refractivity contribution in [2.45, 2.75) is 44.7 Å². The highest BCUT2D eigenvalue weighted by Gasteiger charge is 2.54. The normalized spacial score (nSPS) is 13.4. The molecule has 17 rings (SSSR count). The molecule has 2 aliphatic rings. The molecule has 0 amide bonds. The number of furan rings is 2. The van der Waals surface area contributed by atoms with Gasteiger partial charge in [-0.2, -0.15) is 0 Å². The third-order valence-electron chi connectivity index (χ3n) is 18.6. The Morgan fingerprint density at radius 2 is 0.718 bits per heavy atom. The molecule has 15 aromatic rings. The van der Waals surface area contributed by atoms with Crippen molar-refractivity contribution in [2.75, 3.05) is 9.80 Å². The molecule has 0 saturated carbocycles. The summed E-state index contributed by atoms with van der Waals surface area (Å²) in [5.41, 5.74) is 19.7. The molecular formula is C79H60N2O2Si2. The molecule has 0 saturated heterocycles. The van der Waals surface area contributed by atoms with Gasteiger partial charge in [-0.05, 0) is 136 Å². The minimum atomic E-state index is -1.80. The zero-order chi connectivity index (χ0) is 57.1. The molecule has 13 aromatic carbocycles. The van der Waals surface area contributed by atoms with Crippen LogP contribution in [0.1, 0.15) is 22.3 Å². The van der Waals surface area contributed by atoms with E-state index in [1.54, 1.807) is 0 Å². The van der Waals surface area contributed by atoms with E-state index in [0.29, 0.717) is 0 Å². The Morgan fingerprint density at radius 3 is 1.28 bits per heavy atom. The maximum atomic E-state index is 7.31. The van der Waals surface area contributed by atoms with Gasteiger partial charge in [-0.3, -0.25) is 0 Å². The topological polar surface area (TPSA) is 32.8 Å². The van der Waals surface area contributed by atoms with Gasteiger partial charge < -0.3 is 18.6 Å². The molecule has 0 aliphatic heterocycles. The average Bonchev–Trinajstić information content (AvgIpc) is 1.50. The van der Waals surface area contributed by atoms with Crippen LogP contribution in [-0.2, 0) is 5.41 Å². The highest BCUT2D eigenvalue weighted by molar-refractivity contribution is 6.90. The van der Waals surface area contributed by atoms with Crippen molar-refractivity contribution in [2.24, 2.45) is 0 Å². The number of rotatable bonds is 8. The monoisotopic (exact) mass is 1120 g/mol. The molecule has 2 aliphatic carbocycles. The summed E-state index contributed by atoms with van der Waals surface area (Å²) >= 11 is 0. The van der Waals surface area contributed by atoms with Crippen LogP contribution in [0.15, 0.2) is 264 Å². The molecule has 0 bridgehead atoms. The minimum Gasteiger partial charge on any atom is -0.454 e. The number of hydrogen-bond acceptors (Lipinski definition) is 4. The van der Waals surface area contributed by atoms with E-state index in [-0.39, 0.29) is 0 Å². The van der Waals surface area contributed by atoms with Crippen LogP contribution in [0.4, 0.5) is 34.1 Å². The smallest absolute Gasteiger partial charge is 0.159 e. The van der Waals surface area contributed by atoms with E-state index < -0.39 is 21.6 Å². The summed E-state index contributed by atoms with van der Waals surface area (Å²) in [4.78, 5) is 4.89. The summed E-state index contributed by atoms with van der Waals surface area (Å²) in [5, 5.41) is 14.5. The van der Waals surface area contributed by atoms with E-state index in [1.807, 2.05) is 0 Å². The van der Waals surface area contributed by atoms with E-state index in [0.717, 1.165) is 78.0 Å². The highest BCUT2D eigenvalue weighted by atomic mass is 28.3. The van der Waals surface area contributed by atoms with Gasteiger partial charge in [0, 0.05) is 44.0 Å². The maximum Gasteiger partial charge on any atom is 0.159 e. The summed E-state index contributed by atoms with van der Waals surface area (Å²) in [6, 6.07) is 95.2. The fraction of sp³-hybridized carbons (Fsp3) is 0.0886. The van der Waals surface area contributed by atoms with Crippen LogP contribution in [0.3, 0.4) is 0 Å². The lowest BCUT2D eigenvalue weighted by Gasteiger charge is -2.34. The van der Waals surface area contributed by atoms with Gasteiger partial charge in [-0.1, -0.05) is 239 Å². The van der Waals surface area contributed by atoms with Crippen LogP contribution in [0.2, 0.25) is 39.3 Å². The van der Waals surface area contributed by atoms with Gasteiger partial charge in [0.25, 0.3) is 0 Å². The Morgan fingerprint density at radius 1 is 0.282 bits per heavy atom. The summed E-state index contributed by atoms with van der Waals surface area (Å²) in [6.07, 6.45) is 0. The van der Waals surface area contributed by atoms with Crippen molar-refractivity contribution in [3.63, 3.8) is 0 Å². The molecule has 0 atom stereocenters. The van der Waals surface area contributed by atoms with Crippen LogP contribution in [0, 0.1) is 0 Å². The number of anilines is 6. The van der Waals surface area contributed by atoms with Gasteiger partial charge in [-0.25, -0.2) is 0 Å². The van der Waals surface area contributed by atoms with E-state index in [1.165, 1.54) is 87.2 Å². The fourth-order valence-corrected chi connectivity index (χ4v) is 18.1. The fourth-order valence-electron chi connectivity index (χ4n) is 15.2. The minimum absolute atomic E-state index is 0.698. The third kappa shape index (κ3) is 7.01.